The van der Waals surface area contributed by atoms with Gasteiger partial charge in [-0.1, -0.05) is 13.3 Å². The average molecular weight is 290 g/mol. The summed E-state index contributed by atoms with van der Waals surface area (Å²) < 4.78 is 5.14. The van der Waals surface area contributed by atoms with Crippen LogP contribution in [0.4, 0.5) is 11.4 Å². The van der Waals surface area contributed by atoms with Crippen molar-refractivity contribution >= 4 is 23.2 Å². The standard InChI is InChI=1S/C16H22N2O3/c1-3-4-5-15(19)17-13-6-7-14(12(2)10-13)18-8-9-21-11-16(18)20/h6-7,10H,3-5,8-9,11H2,1-2H3,(H,17,19). The number of carbonyl (C=O) groups excluding carboxylic acids is 2. The fraction of sp³-hybridized carbons (Fsp3) is 0.500. The number of benzene rings is 1. The van der Waals surface area contributed by atoms with Crippen LogP contribution in [0.15, 0.2) is 18.2 Å². The summed E-state index contributed by atoms with van der Waals surface area (Å²) in [6, 6.07) is 5.63. The fourth-order valence-electron chi connectivity index (χ4n) is 2.37. The molecule has 1 aromatic rings. The van der Waals surface area contributed by atoms with Crippen molar-refractivity contribution in [2.24, 2.45) is 0 Å². The first-order valence-electron chi connectivity index (χ1n) is 7.40. The SMILES string of the molecule is CCCCC(=O)Nc1ccc(N2CCOCC2=O)c(C)c1. The number of hydrogen-bond donors (Lipinski definition) is 1. The molecule has 0 spiro atoms. The molecule has 1 aromatic carbocycles. The summed E-state index contributed by atoms with van der Waals surface area (Å²) in [5, 5.41) is 2.89. The summed E-state index contributed by atoms with van der Waals surface area (Å²) in [7, 11) is 0. The van der Waals surface area contributed by atoms with Gasteiger partial charge in [-0.05, 0) is 37.1 Å². The van der Waals surface area contributed by atoms with Crippen molar-refractivity contribution in [2.75, 3.05) is 30.0 Å². The summed E-state index contributed by atoms with van der Waals surface area (Å²) in [6.45, 7) is 5.27. The zero-order chi connectivity index (χ0) is 15.2. The molecular formula is C16H22N2O3. The zero-order valence-electron chi connectivity index (χ0n) is 12.6. The van der Waals surface area contributed by atoms with E-state index >= 15 is 0 Å². The van der Waals surface area contributed by atoms with E-state index in [1.807, 2.05) is 25.1 Å². The van der Waals surface area contributed by atoms with Gasteiger partial charge >= 0.3 is 0 Å². The number of ether oxygens (including phenoxy) is 1. The van der Waals surface area contributed by atoms with Gasteiger partial charge in [0.25, 0.3) is 5.91 Å². The van der Waals surface area contributed by atoms with E-state index in [1.165, 1.54) is 0 Å². The van der Waals surface area contributed by atoms with Gasteiger partial charge in [-0.15, -0.1) is 0 Å². The number of nitrogens with one attached hydrogen (secondary N) is 1. The Hall–Kier alpha value is -1.88. The zero-order valence-corrected chi connectivity index (χ0v) is 12.6. The maximum Gasteiger partial charge on any atom is 0.253 e. The van der Waals surface area contributed by atoms with Gasteiger partial charge in [0.05, 0.1) is 6.61 Å². The van der Waals surface area contributed by atoms with Crippen LogP contribution in [0, 0.1) is 6.92 Å². The first-order valence-corrected chi connectivity index (χ1v) is 7.40. The van der Waals surface area contributed by atoms with Crippen LogP contribution < -0.4 is 10.2 Å². The maximum absolute atomic E-state index is 11.9. The number of unbranched alkanes of at least 4 members (excludes halogenated alkanes) is 1. The number of aryl methyl sites for hydroxylation is 1. The van der Waals surface area contributed by atoms with Crippen LogP contribution in [0.1, 0.15) is 31.7 Å². The first kappa shape index (κ1) is 15.5. The number of carbonyl (C=O) groups is 2. The molecule has 1 fully saturated rings. The third-order valence-electron chi connectivity index (χ3n) is 3.51. The van der Waals surface area contributed by atoms with E-state index < -0.39 is 0 Å². The lowest BCUT2D eigenvalue weighted by Gasteiger charge is -2.28. The molecule has 0 saturated carbocycles. The number of morpholine rings is 1. The fourth-order valence-corrected chi connectivity index (χ4v) is 2.37. The number of anilines is 2. The Bertz CT molecular complexity index is 528. The molecule has 0 bridgehead atoms. The van der Waals surface area contributed by atoms with Crippen LogP contribution in [-0.4, -0.2) is 31.6 Å². The molecule has 1 heterocycles. The third kappa shape index (κ3) is 4.04. The van der Waals surface area contributed by atoms with Gasteiger partial charge in [0, 0.05) is 24.3 Å². The number of hydrogen-bond acceptors (Lipinski definition) is 3. The van der Waals surface area contributed by atoms with E-state index in [-0.39, 0.29) is 18.4 Å². The molecule has 2 amide bonds. The summed E-state index contributed by atoms with van der Waals surface area (Å²) in [6.07, 6.45) is 2.44. The molecule has 0 aromatic heterocycles. The summed E-state index contributed by atoms with van der Waals surface area (Å²) in [4.78, 5) is 25.3. The molecule has 0 unspecified atom stereocenters. The van der Waals surface area contributed by atoms with Crippen LogP contribution in [-0.2, 0) is 14.3 Å². The van der Waals surface area contributed by atoms with E-state index in [4.69, 9.17) is 4.74 Å². The second kappa shape index (κ2) is 7.22. The number of rotatable bonds is 5. The Morgan fingerprint density at radius 3 is 2.90 bits per heavy atom. The normalized spacial score (nSPS) is 15.1. The quantitative estimate of drug-likeness (QED) is 0.906. The van der Waals surface area contributed by atoms with Crippen molar-refractivity contribution in [3.63, 3.8) is 0 Å². The molecule has 0 radical (unpaired) electrons. The van der Waals surface area contributed by atoms with Gasteiger partial charge in [-0.3, -0.25) is 9.59 Å². The minimum Gasteiger partial charge on any atom is -0.370 e. The molecule has 114 valence electrons. The van der Waals surface area contributed by atoms with Crippen LogP contribution >= 0.6 is 0 Å². The van der Waals surface area contributed by atoms with Crippen molar-refractivity contribution in [3.8, 4) is 0 Å². The Kier molecular flexibility index (Phi) is 5.33. The Labute approximate surface area is 125 Å². The summed E-state index contributed by atoms with van der Waals surface area (Å²) in [5.41, 5.74) is 2.63. The van der Waals surface area contributed by atoms with E-state index in [1.54, 1.807) is 4.90 Å². The van der Waals surface area contributed by atoms with Gasteiger partial charge < -0.3 is 15.0 Å². The van der Waals surface area contributed by atoms with Crippen LogP contribution in [0.3, 0.4) is 0 Å². The van der Waals surface area contributed by atoms with Gasteiger partial charge in [-0.25, -0.2) is 0 Å². The minimum absolute atomic E-state index is 0.0240. The number of nitrogens with zero attached hydrogens (tertiary/aromatic N) is 1. The van der Waals surface area contributed by atoms with Crippen molar-refractivity contribution in [1.29, 1.82) is 0 Å². The van der Waals surface area contributed by atoms with E-state index in [0.29, 0.717) is 19.6 Å². The van der Waals surface area contributed by atoms with Crippen LogP contribution in [0.5, 0.6) is 0 Å². The molecule has 0 aliphatic carbocycles. The highest BCUT2D eigenvalue weighted by Crippen LogP contribution is 2.25. The van der Waals surface area contributed by atoms with Gasteiger partial charge in [0.2, 0.25) is 5.91 Å². The second-order valence-corrected chi connectivity index (χ2v) is 5.25. The first-order chi connectivity index (χ1) is 10.1. The van der Waals surface area contributed by atoms with Crippen molar-refractivity contribution in [3.05, 3.63) is 23.8 Å². The topological polar surface area (TPSA) is 58.6 Å². The minimum atomic E-state index is -0.0240. The van der Waals surface area contributed by atoms with E-state index in [0.717, 1.165) is 29.8 Å². The second-order valence-electron chi connectivity index (χ2n) is 5.25. The predicted octanol–water partition coefficient (Wildman–Crippen LogP) is 2.49. The van der Waals surface area contributed by atoms with Crippen molar-refractivity contribution < 1.29 is 14.3 Å². The predicted molar refractivity (Wildman–Crippen MR) is 82.5 cm³/mol. The van der Waals surface area contributed by atoms with E-state index in [9.17, 15) is 9.59 Å². The van der Waals surface area contributed by atoms with E-state index in [2.05, 4.69) is 12.2 Å². The summed E-state index contributed by atoms with van der Waals surface area (Å²) in [5.74, 6) is 0.00975. The Morgan fingerprint density at radius 2 is 2.24 bits per heavy atom. The monoisotopic (exact) mass is 290 g/mol. The van der Waals surface area contributed by atoms with Gasteiger partial charge in [-0.2, -0.15) is 0 Å². The molecular weight excluding hydrogens is 268 g/mol. The van der Waals surface area contributed by atoms with Crippen molar-refractivity contribution in [1.82, 2.24) is 0 Å². The molecule has 0 atom stereocenters. The highest BCUT2D eigenvalue weighted by atomic mass is 16.5. The Balaban J connectivity index is 2.06. The Morgan fingerprint density at radius 1 is 1.43 bits per heavy atom. The molecule has 5 nitrogen and oxygen atoms in total. The highest BCUT2D eigenvalue weighted by molar-refractivity contribution is 5.96. The average Bonchev–Trinajstić information content (AvgIpc) is 2.46. The third-order valence-corrected chi connectivity index (χ3v) is 3.51. The molecule has 1 aliphatic heterocycles. The largest absolute Gasteiger partial charge is 0.370 e. The molecule has 1 aliphatic rings. The van der Waals surface area contributed by atoms with Crippen LogP contribution in [0.25, 0.3) is 0 Å². The van der Waals surface area contributed by atoms with Gasteiger partial charge in [0.1, 0.15) is 6.61 Å². The lowest BCUT2D eigenvalue weighted by atomic mass is 10.1. The van der Waals surface area contributed by atoms with Gasteiger partial charge in [0.15, 0.2) is 0 Å². The lowest BCUT2D eigenvalue weighted by Crippen LogP contribution is -2.42. The molecule has 2 rings (SSSR count). The molecule has 1 N–H and O–H groups in total. The summed E-state index contributed by atoms with van der Waals surface area (Å²) >= 11 is 0. The van der Waals surface area contributed by atoms with Crippen molar-refractivity contribution in [2.45, 2.75) is 33.1 Å². The maximum atomic E-state index is 11.9. The highest BCUT2D eigenvalue weighted by Gasteiger charge is 2.21. The number of amides is 2. The smallest absolute Gasteiger partial charge is 0.253 e. The lowest BCUT2D eigenvalue weighted by molar-refractivity contribution is -0.125. The molecule has 1 saturated heterocycles. The van der Waals surface area contributed by atoms with Crippen LogP contribution in [0.2, 0.25) is 0 Å². The molecule has 5 heteroatoms. The molecule has 21 heavy (non-hydrogen) atoms.